The largest absolute Gasteiger partial charge is 0.481 e. The molecular weight excluding hydrogens is 472 g/mol. The quantitative estimate of drug-likeness (QED) is 0.293. The monoisotopic (exact) mass is 506 g/mol. The molecule has 1 aliphatic heterocycles. The number of aromatic amines is 1. The van der Waals surface area contributed by atoms with E-state index in [0.717, 1.165) is 48.1 Å². The summed E-state index contributed by atoms with van der Waals surface area (Å²) in [7, 11) is 1.64. The molecule has 0 radical (unpaired) electrons. The molecule has 0 saturated carbocycles. The van der Waals surface area contributed by atoms with Gasteiger partial charge in [0.1, 0.15) is 11.9 Å². The van der Waals surface area contributed by atoms with Gasteiger partial charge in [-0.1, -0.05) is 25.0 Å². The van der Waals surface area contributed by atoms with Gasteiger partial charge in [-0.2, -0.15) is 0 Å². The molecule has 1 unspecified atom stereocenters. The number of nitrogens with zero attached hydrogens (tertiary/aromatic N) is 3. The lowest BCUT2D eigenvalue weighted by Gasteiger charge is -2.23. The van der Waals surface area contributed by atoms with Crippen LogP contribution < -0.4 is 11.1 Å². The van der Waals surface area contributed by atoms with Crippen molar-refractivity contribution < 1.29 is 19.5 Å². The Morgan fingerprint density at radius 1 is 1.16 bits per heavy atom. The number of carboxylic acids is 1. The first kappa shape index (κ1) is 26.2. The first-order valence-electron chi connectivity index (χ1n) is 12.6. The second-order valence-electron chi connectivity index (χ2n) is 9.49. The molecule has 1 aromatic heterocycles. The van der Waals surface area contributed by atoms with Gasteiger partial charge in [0.15, 0.2) is 0 Å². The Morgan fingerprint density at radius 2 is 1.95 bits per heavy atom. The molecule has 2 amide bonds. The fourth-order valence-corrected chi connectivity index (χ4v) is 4.66. The maximum absolute atomic E-state index is 13.7. The lowest BCUT2D eigenvalue weighted by molar-refractivity contribution is -0.141. The summed E-state index contributed by atoms with van der Waals surface area (Å²) < 4.78 is 0. The molecule has 2 aromatic carbocycles. The zero-order valence-electron chi connectivity index (χ0n) is 21.1. The molecule has 196 valence electrons. The van der Waals surface area contributed by atoms with E-state index in [2.05, 4.69) is 15.3 Å². The third kappa shape index (κ3) is 6.45. The number of carbonyl (C=O) groups excluding carboxylic acids is 2. The van der Waals surface area contributed by atoms with E-state index in [1.165, 1.54) is 4.90 Å². The van der Waals surface area contributed by atoms with Crippen LogP contribution in [0.2, 0.25) is 0 Å². The number of imidazole rings is 1. The summed E-state index contributed by atoms with van der Waals surface area (Å²) in [6.07, 6.45) is 3.49. The number of carboxylic acid groups (broad SMARTS) is 1. The zero-order chi connectivity index (χ0) is 26.4. The normalized spacial score (nSPS) is 15.2. The minimum atomic E-state index is -1.05. The SMILES string of the molecule is CN1Cc2cc(C(=O)N(CCCCCCN)Cc3nc4ccccc4[nH]3)ccc2NC(CC(=O)O)C1=O. The summed E-state index contributed by atoms with van der Waals surface area (Å²) in [5.41, 5.74) is 9.33. The standard InChI is InChI=1S/C27H34N6O4/c1-32-16-19-14-18(10-11-20(19)29-23(27(32)37)15-25(34)35)26(36)33(13-7-3-2-6-12-28)17-24-30-21-8-4-5-9-22(21)31-24/h4-5,8-11,14,23,29H,2-3,6-7,12-13,15-17,28H2,1H3,(H,30,31)(H,34,35). The Labute approximate surface area is 215 Å². The topological polar surface area (TPSA) is 145 Å². The predicted molar refractivity (Wildman–Crippen MR) is 141 cm³/mol. The maximum atomic E-state index is 13.7. The molecule has 0 saturated heterocycles. The predicted octanol–water partition coefficient (Wildman–Crippen LogP) is 2.95. The summed E-state index contributed by atoms with van der Waals surface area (Å²) in [4.78, 5) is 48.8. The van der Waals surface area contributed by atoms with Crippen LogP contribution in [0.5, 0.6) is 0 Å². The van der Waals surface area contributed by atoms with Gasteiger partial charge in [0.2, 0.25) is 5.91 Å². The van der Waals surface area contributed by atoms with E-state index in [-0.39, 0.29) is 24.8 Å². The van der Waals surface area contributed by atoms with E-state index in [1.54, 1.807) is 30.1 Å². The molecule has 0 spiro atoms. The molecule has 10 heteroatoms. The van der Waals surface area contributed by atoms with Crippen molar-refractivity contribution in [2.24, 2.45) is 5.73 Å². The molecule has 0 fully saturated rings. The van der Waals surface area contributed by atoms with Crippen LogP contribution in [0.3, 0.4) is 0 Å². The molecule has 1 aliphatic rings. The van der Waals surface area contributed by atoms with Crippen LogP contribution >= 0.6 is 0 Å². The molecule has 0 bridgehead atoms. The number of hydrogen-bond acceptors (Lipinski definition) is 6. The number of unbranched alkanes of at least 4 members (excludes halogenated alkanes) is 3. The van der Waals surface area contributed by atoms with Crippen molar-refractivity contribution in [3.05, 3.63) is 59.4 Å². The highest BCUT2D eigenvalue weighted by molar-refractivity contribution is 5.96. The van der Waals surface area contributed by atoms with E-state index in [4.69, 9.17) is 5.73 Å². The number of carbonyl (C=O) groups is 3. The van der Waals surface area contributed by atoms with Crippen LogP contribution in [0, 0.1) is 0 Å². The minimum Gasteiger partial charge on any atom is -0.481 e. The highest BCUT2D eigenvalue weighted by Crippen LogP contribution is 2.26. The number of benzene rings is 2. The zero-order valence-corrected chi connectivity index (χ0v) is 21.1. The summed E-state index contributed by atoms with van der Waals surface area (Å²) in [6, 6.07) is 12.2. The number of H-pyrrole nitrogens is 1. The summed E-state index contributed by atoms with van der Waals surface area (Å²) in [5.74, 6) is -0.755. The van der Waals surface area contributed by atoms with Crippen molar-refractivity contribution in [2.45, 2.75) is 51.2 Å². The molecule has 3 aromatic rings. The van der Waals surface area contributed by atoms with Gasteiger partial charge >= 0.3 is 5.97 Å². The Kier molecular flexibility index (Phi) is 8.39. The second kappa shape index (κ2) is 11.9. The van der Waals surface area contributed by atoms with Gasteiger partial charge in [-0.15, -0.1) is 0 Å². The molecule has 0 aliphatic carbocycles. The van der Waals surface area contributed by atoms with E-state index in [0.29, 0.717) is 30.9 Å². The average Bonchev–Trinajstić information content (AvgIpc) is 3.25. The molecule has 5 N–H and O–H groups in total. The number of hydrogen-bond donors (Lipinski definition) is 4. The highest BCUT2D eigenvalue weighted by atomic mass is 16.4. The van der Waals surface area contributed by atoms with E-state index in [1.807, 2.05) is 24.3 Å². The number of nitrogens with two attached hydrogens (primary N) is 1. The number of aliphatic carboxylic acids is 1. The van der Waals surface area contributed by atoms with Gasteiger partial charge in [0, 0.05) is 31.4 Å². The number of rotatable bonds is 11. The van der Waals surface area contributed by atoms with Crippen molar-refractivity contribution in [3.63, 3.8) is 0 Å². The number of anilines is 1. The second-order valence-corrected chi connectivity index (χ2v) is 9.49. The van der Waals surface area contributed by atoms with Crippen molar-refractivity contribution >= 4 is 34.5 Å². The lowest BCUT2D eigenvalue weighted by atomic mass is 10.1. The minimum absolute atomic E-state index is 0.123. The third-order valence-corrected chi connectivity index (χ3v) is 6.59. The first-order valence-corrected chi connectivity index (χ1v) is 12.6. The molecule has 37 heavy (non-hydrogen) atoms. The highest BCUT2D eigenvalue weighted by Gasteiger charge is 2.29. The average molecular weight is 507 g/mol. The maximum Gasteiger partial charge on any atom is 0.305 e. The van der Waals surface area contributed by atoms with Gasteiger partial charge < -0.3 is 30.9 Å². The van der Waals surface area contributed by atoms with Crippen LogP contribution in [0.25, 0.3) is 11.0 Å². The Bertz CT molecular complexity index is 1240. The van der Waals surface area contributed by atoms with Crippen LogP contribution in [-0.2, 0) is 22.7 Å². The summed E-state index contributed by atoms with van der Waals surface area (Å²) in [5, 5.41) is 12.3. The van der Waals surface area contributed by atoms with Gasteiger partial charge in [-0.05, 0) is 55.3 Å². The van der Waals surface area contributed by atoms with E-state index in [9.17, 15) is 19.5 Å². The van der Waals surface area contributed by atoms with Crippen molar-refractivity contribution in [3.8, 4) is 0 Å². The number of aromatic nitrogens is 2. The summed E-state index contributed by atoms with van der Waals surface area (Å²) >= 11 is 0. The Morgan fingerprint density at radius 3 is 2.70 bits per heavy atom. The van der Waals surface area contributed by atoms with Crippen LogP contribution in [0.4, 0.5) is 5.69 Å². The van der Waals surface area contributed by atoms with Gasteiger partial charge in [0.25, 0.3) is 5.91 Å². The van der Waals surface area contributed by atoms with Crippen molar-refractivity contribution in [1.29, 1.82) is 0 Å². The number of nitrogens with one attached hydrogen (secondary N) is 2. The van der Waals surface area contributed by atoms with Crippen molar-refractivity contribution in [2.75, 3.05) is 25.5 Å². The Balaban J connectivity index is 1.56. The fourth-order valence-electron chi connectivity index (χ4n) is 4.66. The summed E-state index contributed by atoms with van der Waals surface area (Å²) in [6.45, 7) is 1.86. The number of para-hydroxylation sites is 2. The molecule has 2 heterocycles. The number of fused-ring (bicyclic) bond motifs is 2. The van der Waals surface area contributed by atoms with Crippen molar-refractivity contribution in [1.82, 2.24) is 19.8 Å². The van der Waals surface area contributed by atoms with Crippen LogP contribution in [-0.4, -0.2) is 68.8 Å². The van der Waals surface area contributed by atoms with E-state index >= 15 is 0 Å². The van der Waals surface area contributed by atoms with Gasteiger partial charge in [-0.3, -0.25) is 14.4 Å². The van der Waals surface area contributed by atoms with Crippen LogP contribution in [0.15, 0.2) is 42.5 Å². The van der Waals surface area contributed by atoms with Gasteiger partial charge in [0.05, 0.1) is 24.0 Å². The molecule has 10 nitrogen and oxygen atoms in total. The molecule has 4 rings (SSSR count). The van der Waals surface area contributed by atoms with E-state index < -0.39 is 12.0 Å². The van der Waals surface area contributed by atoms with Gasteiger partial charge in [-0.25, -0.2) is 4.98 Å². The molecular formula is C27H34N6O4. The smallest absolute Gasteiger partial charge is 0.305 e. The first-order chi connectivity index (χ1) is 17.9. The third-order valence-electron chi connectivity index (χ3n) is 6.59. The number of likely N-dealkylation sites (N-methyl/N-ethyl adjacent to an activating group) is 1. The molecule has 1 atom stereocenters. The van der Waals surface area contributed by atoms with Crippen LogP contribution in [0.1, 0.15) is 53.8 Å². The Hall–Kier alpha value is -3.92. The fraction of sp³-hybridized carbons (Fsp3) is 0.407. The lowest BCUT2D eigenvalue weighted by Crippen LogP contribution is -2.39. The number of amides is 2.